The Kier molecular flexibility index (Phi) is 4.41. The first-order valence-corrected chi connectivity index (χ1v) is 6.71. The zero-order valence-electron chi connectivity index (χ0n) is 10.6. The molecule has 0 bridgehead atoms. The molecule has 1 heterocycles. The average molecular weight is 336 g/mol. The summed E-state index contributed by atoms with van der Waals surface area (Å²) in [5.41, 5.74) is 2.45. The molecule has 0 unspecified atom stereocenters. The Bertz CT molecular complexity index is 621. The van der Waals surface area contributed by atoms with Crippen molar-refractivity contribution in [3.63, 3.8) is 0 Å². The van der Waals surface area contributed by atoms with E-state index in [0.717, 1.165) is 10.0 Å². The van der Waals surface area contributed by atoms with E-state index in [9.17, 15) is 8.78 Å². The zero-order valence-corrected chi connectivity index (χ0v) is 12.2. The third-order valence-electron chi connectivity index (χ3n) is 2.95. The van der Waals surface area contributed by atoms with Gasteiger partial charge in [-0.05, 0) is 29.8 Å². The van der Waals surface area contributed by atoms with E-state index in [4.69, 9.17) is 6.42 Å². The summed E-state index contributed by atoms with van der Waals surface area (Å²) in [7, 11) is 0. The first-order chi connectivity index (χ1) is 9.52. The molecule has 1 aliphatic rings. The van der Waals surface area contributed by atoms with Gasteiger partial charge < -0.3 is 4.90 Å². The monoisotopic (exact) mass is 335 g/mol. The number of nitrogens with zero attached hydrogens (tertiary/aromatic N) is 1. The Morgan fingerprint density at radius 3 is 2.45 bits per heavy atom. The minimum atomic E-state index is -2.47. The first kappa shape index (κ1) is 14.5. The van der Waals surface area contributed by atoms with Crippen LogP contribution in [0.25, 0.3) is 5.70 Å². The Balaban J connectivity index is 2.44. The van der Waals surface area contributed by atoms with Crippen molar-refractivity contribution in [2.75, 3.05) is 6.54 Å². The van der Waals surface area contributed by atoms with Crippen LogP contribution in [0.4, 0.5) is 8.78 Å². The summed E-state index contributed by atoms with van der Waals surface area (Å²) in [5.74, 6) is 2.46. The molecule has 1 aromatic carbocycles. The first-order valence-electron chi connectivity index (χ1n) is 5.92. The highest BCUT2D eigenvalue weighted by atomic mass is 79.9. The third kappa shape index (κ3) is 3.00. The predicted octanol–water partition coefficient (Wildman–Crippen LogP) is 4.44. The molecular weight excluding hydrogens is 324 g/mol. The van der Waals surface area contributed by atoms with Crippen LogP contribution in [0.2, 0.25) is 0 Å². The number of hydrogen-bond donors (Lipinski definition) is 0. The van der Waals surface area contributed by atoms with Crippen LogP contribution < -0.4 is 0 Å². The Hall–Kier alpha value is -1.86. The molecule has 4 heteroatoms. The van der Waals surface area contributed by atoms with E-state index in [1.165, 1.54) is 4.90 Å². The lowest BCUT2D eigenvalue weighted by atomic mass is 10.0. The second-order valence-corrected chi connectivity index (χ2v) is 5.15. The maximum absolute atomic E-state index is 12.8. The van der Waals surface area contributed by atoms with Crippen molar-refractivity contribution in [3.05, 3.63) is 64.3 Å². The molecule has 2 rings (SSSR count). The minimum Gasteiger partial charge on any atom is -0.335 e. The molecule has 1 aliphatic heterocycles. The van der Waals surface area contributed by atoms with Gasteiger partial charge in [-0.3, -0.25) is 0 Å². The van der Waals surface area contributed by atoms with Gasteiger partial charge in [0.15, 0.2) is 0 Å². The van der Waals surface area contributed by atoms with E-state index in [1.54, 1.807) is 12.2 Å². The number of benzene rings is 1. The van der Waals surface area contributed by atoms with Gasteiger partial charge in [-0.25, -0.2) is 8.78 Å². The molecule has 0 saturated carbocycles. The number of hydrogen-bond acceptors (Lipinski definition) is 1. The molecular formula is C16H12BrF2N. The van der Waals surface area contributed by atoms with E-state index in [2.05, 4.69) is 28.4 Å². The summed E-state index contributed by atoms with van der Waals surface area (Å²) in [6, 6.07) is 7.44. The van der Waals surface area contributed by atoms with Gasteiger partial charge in [0.05, 0.1) is 6.54 Å². The molecule has 0 N–H and O–H groups in total. The molecule has 0 aliphatic carbocycles. The van der Waals surface area contributed by atoms with Crippen molar-refractivity contribution in [3.8, 4) is 12.3 Å². The van der Waals surface area contributed by atoms with Crippen molar-refractivity contribution in [1.29, 1.82) is 0 Å². The molecule has 1 nitrogen and oxygen atoms in total. The number of halogens is 3. The molecule has 0 atom stereocenters. The van der Waals surface area contributed by atoms with Crippen LogP contribution in [-0.2, 0) is 0 Å². The fraction of sp³-hybridized carbons (Fsp3) is 0.125. The lowest BCUT2D eigenvalue weighted by molar-refractivity contribution is 0.123. The van der Waals surface area contributed by atoms with Crippen LogP contribution in [0.15, 0.2) is 58.7 Å². The SMILES string of the molecule is C#CC1=CC=C(c2ccc(Br)cc2)N(CC(F)F)C1=C. The summed E-state index contributed by atoms with van der Waals surface area (Å²) in [4.78, 5) is 1.46. The maximum Gasteiger partial charge on any atom is 0.256 e. The number of rotatable bonds is 3. The van der Waals surface area contributed by atoms with Gasteiger partial charge in [-0.1, -0.05) is 40.6 Å². The third-order valence-corrected chi connectivity index (χ3v) is 3.48. The van der Waals surface area contributed by atoms with Crippen LogP contribution in [0.5, 0.6) is 0 Å². The molecule has 0 amide bonds. The topological polar surface area (TPSA) is 3.24 Å². The standard InChI is InChI=1S/C16H12BrF2N/c1-3-12-6-9-15(13-4-7-14(17)8-5-13)20(11(12)2)10-16(18)19/h1,4-9,16H,2,10H2. The van der Waals surface area contributed by atoms with E-state index in [0.29, 0.717) is 17.0 Å². The quantitative estimate of drug-likeness (QED) is 0.738. The maximum atomic E-state index is 12.8. The number of alkyl halides is 2. The smallest absolute Gasteiger partial charge is 0.256 e. The average Bonchev–Trinajstić information content (AvgIpc) is 2.42. The van der Waals surface area contributed by atoms with Gasteiger partial charge in [-0.2, -0.15) is 0 Å². The van der Waals surface area contributed by atoms with Crippen LogP contribution in [0.1, 0.15) is 5.56 Å². The van der Waals surface area contributed by atoms with Crippen molar-refractivity contribution in [1.82, 2.24) is 4.90 Å². The van der Waals surface area contributed by atoms with Gasteiger partial charge in [0.25, 0.3) is 6.43 Å². The molecule has 102 valence electrons. The van der Waals surface area contributed by atoms with Crippen LogP contribution in [-0.4, -0.2) is 17.9 Å². The van der Waals surface area contributed by atoms with Crippen molar-refractivity contribution >= 4 is 21.6 Å². The van der Waals surface area contributed by atoms with Gasteiger partial charge >= 0.3 is 0 Å². The van der Waals surface area contributed by atoms with Gasteiger partial charge in [0, 0.05) is 21.4 Å². The Morgan fingerprint density at radius 2 is 1.90 bits per heavy atom. The fourth-order valence-electron chi connectivity index (χ4n) is 1.99. The van der Waals surface area contributed by atoms with Crippen molar-refractivity contribution in [2.45, 2.75) is 6.43 Å². The highest BCUT2D eigenvalue weighted by Crippen LogP contribution is 2.31. The van der Waals surface area contributed by atoms with Gasteiger partial charge in [0.2, 0.25) is 0 Å². The highest BCUT2D eigenvalue weighted by Gasteiger charge is 2.23. The van der Waals surface area contributed by atoms with Crippen molar-refractivity contribution < 1.29 is 8.78 Å². The normalized spacial score (nSPS) is 14.9. The van der Waals surface area contributed by atoms with E-state index in [-0.39, 0.29) is 0 Å². The van der Waals surface area contributed by atoms with E-state index in [1.807, 2.05) is 24.3 Å². The lowest BCUT2D eigenvalue weighted by Crippen LogP contribution is -2.29. The molecule has 20 heavy (non-hydrogen) atoms. The summed E-state index contributed by atoms with van der Waals surface area (Å²) in [5, 5.41) is 0. The summed E-state index contributed by atoms with van der Waals surface area (Å²) >= 11 is 3.35. The number of terminal acetylenes is 1. The molecule has 0 radical (unpaired) electrons. The summed E-state index contributed by atoms with van der Waals surface area (Å²) in [6.07, 6.45) is 6.36. The van der Waals surface area contributed by atoms with Crippen molar-refractivity contribution in [2.24, 2.45) is 0 Å². The second-order valence-electron chi connectivity index (χ2n) is 4.23. The fourth-order valence-corrected chi connectivity index (χ4v) is 2.25. The molecule has 0 fully saturated rings. The minimum absolute atomic E-state index is 0.424. The lowest BCUT2D eigenvalue weighted by Gasteiger charge is -2.31. The molecule has 1 aromatic rings. The number of allylic oxidation sites excluding steroid dienone is 3. The second kappa shape index (κ2) is 6.06. The Morgan fingerprint density at radius 1 is 1.25 bits per heavy atom. The van der Waals surface area contributed by atoms with E-state index < -0.39 is 13.0 Å². The Labute approximate surface area is 125 Å². The highest BCUT2D eigenvalue weighted by molar-refractivity contribution is 9.10. The molecule has 0 spiro atoms. The molecule has 0 aromatic heterocycles. The zero-order chi connectivity index (χ0) is 14.7. The predicted molar refractivity (Wildman–Crippen MR) is 80.9 cm³/mol. The van der Waals surface area contributed by atoms with Gasteiger partial charge in [-0.15, -0.1) is 6.42 Å². The summed E-state index contributed by atoms with van der Waals surface area (Å²) < 4.78 is 26.5. The van der Waals surface area contributed by atoms with Crippen LogP contribution in [0, 0.1) is 12.3 Å². The molecule has 0 saturated heterocycles. The van der Waals surface area contributed by atoms with Crippen LogP contribution >= 0.6 is 15.9 Å². The van der Waals surface area contributed by atoms with E-state index >= 15 is 0 Å². The summed E-state index contributed by atoms with van der Waals surface area (Å²) in [6.45, 7) is 3.40. The largest absolute Gasteiger partial charge is 0.335 e. The van der Waals surface area contributed by atoms with Crippen LogP contribution in [0.3, 0.4) is 0 Å². The van der Waals surface area contributed by atoms with Gasteiger partial charge in [0.1, 0.15) is 0 Å².